The van der Waals surface area contributed by atoms with Crippen LogP contribution in [0.15, 0.2) is 12.7 Å². The Labute approximate surface area is 206 Å². The molecule has 0 spiro atoms. The van der Waals surface area contributed by atoms with Gasteiger partial charge in [0.15, 0.2) is 0 Å². The third-order valence-electron chi connectivity index (χ3n) is 7.15. The topological polar surface area (TPSA) is 115 Å². The molecule has 0 saturated heterocycles. The first-order valence-corrected chi connectivity index (χ1v) is 13.2. The number of carboxylic acids is 3. The zero-order valence-electron chi connectivity index (χ0n) is 21.8. The molecule has 198 valence electrons. The van der Waals surface area contributed by atoms with E-state index in [-0.39, 0.29) is 0 Å². The van der Waals surface area contributed by atoms with Crippen molar-refractivity contribution in [3.63, 3.8) is 0 Å². The summed E-state index contributed by atoms with van der Waals surface area (Å²) < 4.78 is 0.578. The number of hydrogen-bond donors (Lipinski definition) is 2. The second-order valence-electron chi connectivity index (χ2n) is 10.2. The lowest BCUT2D eigenvalue weighted by Gasteiger charge is -2.41. The van der Waals surface area contributed by atoms with Crippen molar-refractivity contribution in [2.24, 2.45) is 17.8 Å². The Bertz CT molecular complexity index is 546. The SMILES string of the molecule is C=CCCCCCCCCCC[N+](CCC(C)C(=O)[O-])(CCC(C)C(=O)O)CCC(C)C(=O)O. The summed E-state index contributed by atoms with van der Waals surface area (Å²) in [6.45, 7) is 11.4. The molecule has 0 aromatic heterocycles. The number of carbonyl (C=O) groups is 3. The number of quaternary nitrogens is 1. The first-order chi connectivity index (χ1) is 16.0. The van der Waals surface area contributed by atoms with Crippen LogP contribution in [0.1, 0.15) is 97.8 Å². The summed E-state index contributed by atoms with van der Waals surface area (Å²) in [6.07, 6.45) is 13.8. The van der Waals surface area contributed by atoms with Crippen LogP contribution < -0.4 is 5.11 Å². The molecule has 3 atom stereocenters. The van der Waals surface area contributed by atoms with Crippen molar-refractivity contribution in [2.75, 3.05) is 26.2 Å². The molecule has 34 heavy (non-hydrogen) atoms. The molecule has 3 unspecified atom stereocenters. The van der Waals surface area contributed by atoms with Gasteiger partial charge in [-0.1, -0.05) is 59.0 Å². The first-order valence-electron chi connectivity index (χ1n) is 13.2. The molecular weight excluding hydrogens is 434 g/mol. The van der Waals surface area contributed by atoms with Crippen molar-refractivity contribution in [2.45, 2.75) is 97.8 Å². The summed E-state index contributed by atoms with van der Waals surface area (Å²) in [4.78, 5) is 34.1. The van der Waals surface area contributed by atoms with Crippen LogP contribution in [0.2, 0.25) is 0 Å². The number of allylic oxidation sites excluding steroid dienone is 1. The number of aliphatic carboxylic acids is 3. The van der Waals surface area contributed by atoms with Crippen molar-refractivity contribution in [3.8, 4) is 0 Å². The molecule has 0 aromatic rings. The van der Waals surface area contributed by atoms with Crippen molar-refractivity contribution in [1.29, 1.82) is 0 Å². The Morgan fingerprint density at radius 3 is 1.47 bits per heavy atom. The average Bonchev–Trinajstić information content (AvgIpc) is 2.79. The molecule has 0 amide bonds. The van der Waals surface area contributed by atoms with Crippen molar-refractivity contribution >= 4 is 17.9 Å². The maximum atomic E-state index is 11.4. The van der Waals surface area contributed by atoms with Gasteiger partial charge < -0.3 is 24.6 Å². The lowest BCUT2D eigenvalue weighted by Crippen LogP contribution is -2.52. The molecule has 0 radical (unpaired) electrons. The Morgan fingerprint density at radius 2 is 1.09 bits per heavy atom. The lowest BCUT2D eigenvalue weighted by atomic mass is 10.0. The maximum Gasteiger partial charge on any atom is 0.306 e. The highest BCUT2D eigenvalue weighted by Crippen LogP contribution is 2.21. The van der Waals surface area contributed by atoms with E-state index >= 15 is 0 Å². The van der Waals surface area contributed by atoms with E-state index in [9.17, 15) is 29.7 Å². The fourth-order valence-corrected chi connectivity index (χ4v) is 4.23. The van der Waals surface area contributed by atoms with Gasteiger partial charge >= 0.3 is 11.9 Å². The molecule has 7 nitrogen and oxygen atoms in total. The molecule has 0 aliphatic carbocycles. The molecule has 2 N–H and O–H groups in total. The summed E-state index contributed by atoms with van der Waals surface area (Å²) in [5, 5.41) is 30.0. The van der Waals surface area contributed by atoms with E-state index in [1.54, 1.807) is 20.8 Å². The smallest absolute Gasteiger partial charge is 0.306 e. The van der Waals surface area contributed by atoms with Crippen LogP contribution in [0.4, 0.5) is 0 Å². The summed E-state index contributed by atoms with van der Waals surface area (Å²) in [5.41, 5.74) is 0. The minimum Gasteiger partial charge on any atom is -0.550 e. The Kier molecular flexibility index (Phi) is 17.4. The summed E-state index contributed by atoms with van der Waals surface area (Å²) >= 11 is 0. The molecule has 0 aromatic carbocycles. The number of carbonyl (C=O) groups excluding carboxylic acids is 1. The van der Waals surface area contributed by atoms with Crippen LogP contribution in [-0.2, 0) is 14.4 Å². The number of hydrogen-bond acceptors (Lipinski definition) is 4. The fourth-order valence-electron chi connectivity index (χ4n) is 4.23. The first kappa shape index (κ1) is 32.1. The number of carboxylic acid groups (broad SMARTS) is 3. The van der Waals surface area contributed by atoms with E-state index in [0.29, 0.717) is 43.4 Å². The lowest BCUT2D eigenvalue weighted by molar-refractivity contribution is -0.929. The second kappa shape index (κ2) is 18.4. The molecule has 0 heterocycles. The van der Waals surface area contributed by atoms with E-state index in [1.165, 1.54) is 32.1 Å². The van der Waals surface area contributed by atoms with Crippen LogP contribution in [0, 0.1) is 17.8 Å². The van der Waals surface area contributed by atoms with Crippen LogP contribution >= 0.6 is 0 Å². The predicted octanol–water partition coefficient (Wildman–Crippen LogP) is 4.50. The summed E-state index contributed by atoms with van der Waals surface area (Å²) in [6, 6.07) is 0. The van der Waals surface area contributed by atoms with Gasteiger partial charge in [-0.25, -0.2) is 0 Å². The van der Waals surface area contributed by atoms with Gasteiger partial charge in [-0.05, 0) is 25.7 Å². The monoisotopic (exact) mass is 483 g/mol. The molecule has 0 saturated carbocycles. The van der Waals surface area contributed by atoms with Gasteiger partial charge in [0, 0.05) is 31.1 Å². The summed E-state index contributed by atoms with van der Waals surface area (Å²) in [7, 11) is 0. The van der Waals surface area contributed by atoms with Gasteiger partial charge in [-0.2, -0.15) is 0 Å². The van der Waals surface area contributed by atoms with E-state index in [0.717, 1.165) is 32.2 Å². The molecule has 7 heteroatoms. The minimum absolute atomic E-state index is 0.440. The Hall–Kier alpha value is -1.89. The molecule has 0 bridgehead atoms. The van der Waals surface area contributed by atoms with Crippen LogP contribution in [0.5, 0.6) is 0 Å². The predicted molar refractivity (Wildman–Crippen MR) is 133 cm³/mol. The van der Waals surface area contributed by atoms with Gasteiger partial charge in [0.2, 0.25) is 0 Å². The van der Waals surface area contributed by atoms with Gasteiger partial charge in [-0.15, -0.1) is 6.58 Å². The molecule has 0 rings (SSSR count). The number of nitrogens with zero attached hydrogens (tertiary/aromatic N) is 1. The van der Waals surface area contributed by atoms with E-state index in [1.807, 2.05) is 6.08 Å². The number of unbranched alkanes of at least 4 members (excludes halogenated alkanes) is 8. The second-order valence-corrected chi connectivity index (χ2v) is 10.2. The Morgan fingerprint density at radius 1 is 0.706 bits per heavy atom. The van der Waals surface area contributed by atoms with E-state index in [2.05, 4.69) is 6.58 Å². The average molecular weight is 484 g/mol. The van der Waals surface area contributed by atoms with E-state index < -0.39 is 35.7 Å². The van der Waals surface area contributed by atoms with Crippen molar-refractivity contribution < 1.29 is 34.2 Å². The van der Waals surface area contributed by atoms with E-state index in [4.69, 9.17) is 0 Å². The third kappa shape index (κ3) is 15.1. The molecular formula is C27H49NO6. The van der Waals surface area contributed by atoms with Gasteiger partial charge in [0.1, 0.15) is 0 Å². The highest BCUT2D eigenvalue weighted by molar-refractivity contribution is 5.69. The zero-order valence-corrected chi connectivity index (χ0v) is 21.8. The largest absolute Gasteiger partial charge is 0.550 e. The normalized spacial score (nSPS) is 15.7. The number of rotatable bonds is 23. The molecule has 0 aliphatic heterocycles. The Balaban J connectivity index is 5.05. The van der Waals surface area contributed by atoms with Gasteiger partial charge in [-0.3, -0.25) is 9.59 Å². The maximum absolute atomic E-state index is 11.4. The van der Waals surface area contributed by atoms with Crippen LogP contribution in [-0.4, -0.2) is 58.8 Å². The van der Waals surface area contributed by atoms with Gasteiger partial charge in [0.05, 0.1) is 38.0 Å². The molecule has 0 fully saturated rings. The molecule has 0 aliphatic rings. The van der Waals surface area contributed by atoms with Gasteiger partial charge in [0.25, 0.3) is 0 Å². The van der Waals surface area contributed by atoms with Crippen molar-refractivity contribution in [3.05, 3.63) is 12.7 Å². The third-order valence-corrected chi connectivity index (χ3v) is 7.15. The van der Waals surface area contributed by atoms with Crippen LogP contribution in [0.3, 0.4) is 0 Å². The standard InChI is InChI=1S/C27H49NO6/c1-5-6-7-8-9-10-11-12-13-14-18-28(19-15-22(2)25(29)30,20-16-23(3)26(31)32)21-17-24(4)27(33)34/h5,22-24H,1,6-21H2,2-4H3,(H2-,29,30,31,32,33,34). The zero-order chi connectivity index (χ0) is 26.0. The fraction of sp³-hybridized carbons (Fsp3) is 0.815. The van der Waals surface area contributed by atoms with Crippen LogP contribution in [0.25, 0.3) is 0 Å². The summed E-state index contributed by atoms with van der Waals surface area (Å²) in [5.74, 6) is -4.33. The highest BCUT2D eigenvalue weighted by atomic mass is 16.4. The highest BCUT2D eigenvalue weighted by Gasteiger charge is 2.30. The minimum atomic E-state index is -1.08. The van der Waals surface area contributed by atoms with Crippen molar-refractivity contribution in [1.82, 2.24) is 0 Å². The quantitative estimate of drug-likeness (QED) is 0.126.